The molecule has 0 aliphatic rings. The van der Waals surface area contributed by atoms with Crippen LogP contribution in [0, 0.1) is 0 Å². The summed E-state index contributed by atoms with van der Waals surface area (Å²) in [6, 6.07) is 13.7. The molecule has 6 heteroatoms. The van der Waals surface area contributed by atoms with Crippen LogP contribution in [-0.4, -0.2) is 18.4 Å². The molecule has 0 aromatic heterocycles. The molecule has 0 unspecified atom stereocenters. The normalized spacial score (nSPS) is 10.0. The molecule has 2 amide bonds. The van der Waals surface area contributed by atoms with Crippen molar-refractivity contribution in [3.63, 3.8) is 0 Å². The second-order valence-electron chi connectivity index (χ2n) is 4.22. The molecule has 2 N–H and O–H groups in total. The number of hydrogen-bond donors (Lipinski definition) is 2. The van der Waals surface area contributed by atoms with Crippen molar-refractivity contribution in [1.29, 1.82) is 0 Å². The van der Waals surface area contributed by atoms with Gasteiger partial charge in [0.25, 0.3) is 5.91 Å². The van der Waals surface area contributed by atoms with Gasteiger partial charge in [-0.05, 0) is 52.3 Å². The lowest BCUT2D eigenvalue weighted by Gasteiger charge is -2.08. The molecular weight excluding hydrogens is 356 g/mol. The number of carbonyl (C=O) groups excluding carboxylic acids is 2. The number of carbonyl (C=O) groups is 2. The summed E-state index contributed by atoms with van der Waals surface area (Å²) in [5, 5.41) is 5.81. The molecule has 0 heterocycles. The van der Waals surface area contributed by atoms with Crippen molar-refractivity contribution >= 4 is 45.0 Å². The maximum absolute atomic E-state index is 11.8. The Bertz CT molecular complexity index is 659. The standard InChI is InChI=1S/C15H12BrClN2O2/c16-12-3-1-2-4-13(12)19-14(20)9-18-15(21)10-5-7-11(17)8-6-10/h1-8H,9H2,(H,18,21)(H,19,20). The summed E-state index contributed by atoms with van der Waals surface area (Å²) >= 11 is 9.08. The largest absolute Gasteiger partial charge is 0.343 e. The van der Waals surface area contributed by atoms with Crippen LogP contribution in [0.25, 0.3) is 0 Å². The molecule has 2 rings (SSSR count). The summed E-state index contributed by atoms with van der Waals surface area (Å²) < 4.78 is 0.780. The zero-order valence-electron chi connectivity index (χ0n) is 10.9. The third kappa shape index (κ3) is 4.58. The molecule has 0 atom stereocenters. The lowest BCUT2D eigenvalue weighted by molar-refractivity contribution is -0.115. The maximum atomic E-state index is 11.8. The van der Waals surface area contributed by atoms with E-state index in [9.17, 15) is 9.59 Å². The van der Waals surface area contributed by atoms with Crippen LogP contribution in [0.15, 0.2) is 53.0 Å². The molecular formula is C15H12BrClN2O2. The Morgan fingerprint density at radius 2 is 1.71 bits per heavy atom. The van der Waals surface area contributed by atoms with Gasteiger partial charge in [0, 0.05) is 15.1 Å². The van der Waals surface area contributed by atoms with Crippen LogP contribution in [0.5, 0.6) is 0 Å². The van der Waals surface area contributed by atoms with Gasteiger partial charge in [0.2, 0.25) is 5.91 Å². The van der Waals surface area contributed by atoms with Crippen LogP contribution >= 0.6 is 27.5 Å². The number of para-hydroxylation sites is 1. The highest BCUT2D eigenvalue weighted by Gasteiger charge is 2.09. The van der Waals surface area contributed by atoms with E-state index in [4.69, 9.17) is 11.6 Å². The van der Waals surface area contributed by atoms with Gasteiger partial charge in [-0.15, -0.1) is 0 Å². The van der Waals surface area contributed by atoms with Crippen LogP contribution in [0.2, 0.25) is 5.02 Å². The van der Waals surface area contributed by atoms with Gasteiger partial charge in [-0.25, -0.2) is 0 Å². The summed E-state index contributed by atoms with van der Waals surface area (Å²) in [6.45, 7) is -0.108. The quantitative estimate of drug-likeness (QED) is 0.869. The molecule has 4 nitrogen and oxygen atoms in total. The van der Waals surface area contributed by atoms with Gasteiger partial charge in [-0.2, -0.15) is 0 Å². The summed E-state index contributed by atoms with van der Waals surface area (Å²) in [4.78, 5) is 23.6. The summed E-state index contributed by atoms with van der Waals surface area (Å²) in [5.74, 6) is -0.627. The van der Waals surface area contributed by atoms with Crippen molar-refractivity contribution in [3.05, 3.63) is 63.6 Å². The number of amides is 2. The van der Waals surface area contributed by atoms with Crippen molar-refractivity contribution in [2.24, 2.45) is 0 Å². The van der Waals surface area contributed by atoms with Gasteiger partial charge in [0.15, 0.2) is 0 Å². The number of nitrogens with one attached hydrogen (secondary N) is 2. The molecule has 0 saturated heterocycles. The summed E-state index contributed by atoms with van der Waals surface area (Å²) in [5.41, 5.74) is 1.11. The van der Waals surface area contributed by atoms with E-state index >= 15 is 0 Å². The fourth-order valence-corrected chi connectivity index (χ4v) is 2.13. The predicted molar refractivity (Wildman–Crippen MR) is 86.6 cm³/mol. The average Bonchev–Trinajstić information content (AvgIpc) is 2.48. The van der Waals surface area contributed by atoms with Crippen LogP contribution in [0.3, 0.4) is 0 Å². The van der Waals surface area contributed by atoms with Crippen LogP contribution in [-0.2, 0) is 4.79 Å². The topological polar surface area (TPSA) is 58.2 Å². The first-order valence-corrected chi connectivity index (χ1v) is 7.31. The van der Waals surface area contributed by atoms with Gasteiger partial charge < -0.3 is 10.6 Å². The minimum atomic E-state index is -0.325. The van der Waals surface area contributed by atoms with E-state index in [1.54, 1.807) is 30.3 Å². The molecule has 0 fully saturated rings. The Labute approximate surface area is 135 Å². The third-order valence-electron chi connectivity index (χ3n) is 2.66. The lowest BCUT2D eigenvalue weighted by Crippen LogP contribution is -2.32. The SMILES string of the molecule is O=C(CNC(=O)c1ccc(Cl)cc1)Nc1ccccc1Br. The summed E-state index contributed by atoms with van der Waals surface area (Å²) in [7, 11) is 0. The molecule has 0 bridgehead atoms. The molecule has 108 valence electrons. The van der Waals surface area contributed by atoms with E-state index in [1.807, 2.05) is 18.2 Å². The number of hydrogen-bond acceptors (Lipinski definition) is 2. The van der Waals surface area contributed by atoms with Crippen LogP contribution < -0.4 is 10.6 Å². The molecule has 0 radical (unpaired) electrons. The highest BCUT2D eigenvalue weighted by atomic mass is 79.9. The fraction of sp³-hybridized carbons (Fsp3) is 0.0667. The predicted octanol–water partition coefficient (Wildman–Crippen LogP) is 3.47. The first kappa shape index (κ1) is 15.5. The Morgan fingerprint density at radius 1 is 1.05 bits per heavy atom. The number of benzene rings is 2. The van der Waals surface area contributed by atoms with Gasteiger partial charge in [0.05, 0.1) is 12.2 Å². The molecule has 0 spiro atoms. The Balaban J connectivity index is 1.88. The zero-order valence-corrected chi connectivity index (χ0v) is 13.2. The fourth-order valence-electron chi connectivity index (χ4n) is 1.62. The third-order valence-corrected chi connectivity index (χ3v) is 3.61. The Hall–Kier alpha value is -1.85. The smallest absolute Gasteiger partial charge is 0.251 e. The zero-order chi connectivity index (χ0) is 15.2. The Morgan fingerprint density at radius 3 is 2.38 bits per heavy atom. The first-order chi connectivity index (χ1) is 10.1. The molecule has 21 heavy (non-hydrogen) atoms. The van der Waals surface area contributed by atoms with Crippen LogP contribution in [0.1, 0.15) is 10.4 Å². The van der Waals surface area contributed by atoms with E-state index in [0.717, 1.165) is 4.47 Å². The Kier molecular flexibility index (Phi) is 5.36. The number of halogens is 2. The van der Waals surface area contributed by atoms with E-state index in [1.165, 1.54) is 0 Å². The van der Waals surface area contributed by atoms with Crippen molar-refractivity contribution in [3.8, 4) is 0 Å². The van der Waals surface area contributed by atoms with Gasteiger partial charge >= 0.3 is 0 Å². The van der Waals surface area contributed by atoms with E-state index in [-0.39, 0.29) is 18.4 Å². The van der Waals surface area contributed by atoms with Gasteiger partial charge in [-0.1, -0.05) is 23.7 Å². The molecule has 2 aromatic rings. The molecule has 2 aromatic carbocycles. The van der Waals surface area contributed by atoms with Crippen LogP contribution in [0.4, 0.5) is 5.69 Å². The lowest BCUT2D eigenvalue weighted by atomic mass is 10.2. The molecule has 0 aliphatic heterocycles. The molecule has 0 saturated carbocycles. The molecule has 0 aliphatic carbocycles. The minimum absolute atomic E-state index is 0.108. The van der Waals surface area contributed by atoms with Crippen molar-refractivity contribution in [1.82, 2.24) is 5.32 Å². The van der Waals surface area contributed by atoms with Crippen molar-refractivity contribution in [2.45, 2.75) is 0 Å². The monoisotopic (exact) mass is 366 g/mol. The number of anilines is 1. The van der Waals surface area contributed by atoms with E-state index in [0.29, 0.717) is 16.3 Å². The minimum Gasteiger partial charge on any atom is -0.343 e. The number of rotatable bonds is 4. The first-order valence-electron chi connectivity index (χ1n) is 6.14. The highest BCUT2D eigenvalue weighted by Crippen LogP contribution is 2.20. The highest BCUT2D eigenvalue weighted by molar-refractivity contribution is 9.10. The average molecular weight is 368 g/mol. The van der Waals surface area contributed by atoms with Gasteiger partial charge in [-0.3, -0.25) is 9.59 Å². The van der Waals surface area contributed by atoms with Crippen molar-refractivity contribution < 1.29 is 9.59 Å². The van der Waals surface area contributed by atoms with E-state index < -0.39 is 0 Å². The van der Waals surface area contributed by atoms with E-state index in [2.05, 4.69) is 26.6 Å². The maximum Gasteiger partial charge on any atom is 0.251 e. The van der Waals surface area contributed by atoms with Gasteiger partial charge in [0.1, 0.15) is 0 Å². The summed E-state index contributed by atoms with van der Waals surface area (Å²) in [6.07, 6.45) is 0. The second kappa shape index (κ2) is 7.24. The second-order valence-corrected chi connectivity index (χ2v) is 5.51. The van der Waals surface area contributed by atoms with Crippen molar-refractivity contribution in [2.75, 3.05) is 11.9 Å².